The van der Waals surface area contributed by atoms with Crippen LogP contribution < -0.4 is 5.56 Å². The third kappa shape index (κ3) is 3.59. The molecule has 0 amide bonds. The number of aromatic nitrogens is 4. The lowest BCUT2D eigenvalue weighted by Crippen LogP contribution is -2.33. The molecule has 11 heteroatoms. The monoisotopic (exact) mass is 370 g/mol. The maximum Gasteiger partial charge on any atom is 0.262 e. The van der Waals surface area contributed by atoms with Crippen molar-refractivity contribution in [3.63, 3.8) is 0 Å². The zero-order valence-electron chi connectivity index (χ0n) is 14.4. The van der Waals surface area contributed by atoms with E-state index in [4.69, 9.17) is 0 Å². The summed E-state index contributed by atoms with van der Waals surface area (Å²) in [6, 6.07) is 0. The number of nitrogens with one attached hydrogen (secondary N) is 1. The highest BCUT2D eigenvalue weighted by atomic mass is 32.2. The van der Waals surface area contributed by atoms with Crippen molar-refractivity contribution >= 4 is 21.1 Å². The molecule has 2 aromatic heterocycles. The zero-order valence-corrected chi connectivity index (χ0v) is 15.2. The van der Waals surface area contributed by atoms with Crippen LogP contribution in [0.5, 0.6) is 0 Å². The summed E-state index contributed by atoms with van der Waals surface area (Å²) >= 11 is 0. The van der Waals surface area contributed by atoms with E-state index in [1.54, 1.807) is 7.05 Å². The van der Waals surface area contributed by atoms with E-state index in [1.165, 1.54) is 25.0 Å². The van der Waals surface area contributed by atoms with Crippen LogP contribution in [0.2, 0.25) is 0 Å². The van der Waals surface area contributed by atoms with Crippen molar-refractivity contribution in [2.24, 2.45) is 13.0 Å². The van der Waals surface area contributed by atoms with Gasteiger partial charge in [-0.3, -0.25) is 14.4 Å². The molecule has 1 aliphatic heterocycles. The van der Waals surface area contributed by atoms with Crippen LogP contribution in [-0.4, -0.2) is 81.5 Å². The number of rotatable bonds is 5. The molecule has 0 unspecified atom stereocenters. The average molecular weight is 370 g/mol. The first kappa shape index (κ1) is 18.0. The minimum absolute atomic E-state index is 0.109. The van der Waals surface area contributed by atoms with Crippen LogP contribution >= 0.6 is 0 Å². The minimum Gasteiger partial charge on any atom is -0.391 e. The van der Waals surface area contributed by atoms with E-state index in [9.17, 15) is 18.3 Å². The molecule has 3 rings (SSSR count). The molecule has 1 saturated heterocycles. The molecule has 3 heterocycles. The van der Waals surface area contributed by atoms with Crippen LogP contribution in [0.15, 0.2) is 11.0 Å². The van der Waals surface area contributed by atoms with Gasteiger partial charge in [0.1, 0.15) is 11.2 Å². The van der Waals surface area contributed by atoms with Crippen LogP contribution in [0.1, 0.15) is 5.82 Å². The largest absolute Gasteiger partial charge is 0.391 e. The molecule has 10 nitrogen and oxygen atoms in total. The molecule has 138 valence electrons. The number of hydrogen-bond acceptors (Lipinski definition) is 7. The Bertz CT molecular complexity index is 934. The van der Waals surface area contributed by atoms with Crippen molar-refractivity contribution in [3.8, 4) is 0 Å². The van der Waals surface area contributed by atoms with Crippen LogP contribution in [0, 0.1) is 5.92 Å². The molecule has 0 aliphatic carbocycles. The first-order valence-corrected chi connectivity index (χ1v) is 9.50. The number of hydrogen-bond donors (Lipinski definition) is 2. The molecule has 1 fully saturated rings. The van der Waals surface area contributed by atoms with Gasteiger partial charge in [-0.05, 0) is 0 Å². The normalized spacial score (nSPS) is 22.3. The van der Waals surface area contributed by atoms with E-state index in [0.717, 1.165) is 4.31 Å². The fourth-order valence-corrected chi connectivity index (χ4v) is 4.19. The predicted octanol–water partition coefficient (Wildman–Crippen LogP) is -1.66. The summed E-state index contributed by atoms with van der Waals surface area (Å²) < 4.78 is 26.7. The molecule has 0 aromatic carbocycles. The quantitative estimate of drug-likeness (QED) is 0.645. The first-order chi connectivity index (χ1) is 11.7. The Morgan fingerprint density at radius 1 is 1.40 bits per heavy atom. The number of H-pyrrole nitrogens is 1. The van der Waals surface area contributed by atoms with E-state index >= 15 is 0 Å². The highest BCUT2D eigenvalue weighted by Crippen LogP contribution is 2.21. The van der Waals surface area contributed by atoms with Crippen LogP contribution in [0.3, 0.4) is 0 Å². The Labute approximate surface area is 145 Å². The van der Waals surface area contributed by atoms with Crippen molar-refractivity contribution in [1.82, 2.24) is 29.0 Å². The highest BCUT2D eigenvalue weighted by molar-refractivity contribution is 7.89. The summed E-state index contributed by atoms with van der Waals surface area (Å²) in [5.74, 6) is -0.0217. The molecule has 2 atom stereocenters. The summed E-state index contributed by atoms with van der Waals surface area (Å²) in [4.78, 5) is 21.1. The van der Waals surface area contributed by atoms with Gasteiger partial charge in [0, 0.05) is 40.2 Å². The second-order valence-corrected chi connectivity index (χ2v) is 8.83. The van der Waals surface area contributed by atoms with Gasteiger partial charge in [-0.2, -0.15) is 5.10 Å². The van der Waals surface area contributed by atoms with Crippen molar-refractivity contribution in [2.75, 3.05) is 32.9 Å². The summed E-state index contributed by atoms with van der Waals surface area (Å²) in [6.07, 6.45) is 0.731. The van der Waals surface area contributed by atoms with Gasteiger partial charge in [0.2, 0.25) is 10.0 Å². The molecule has 0 bridgehead atoms. The van der Waals surface area contributed by atoms with Crippen LogP contribution in [0.4, 0.5) is 0 Å². The van der Waals surface area contributed by atoms with Crippen molar-refractivity contribution < 1.29 is 13.5 Å². The number of aliphatic hydroxyl groups is 1. The molecule has 0 saturated carbocycles. The summed E-state index contributed by atoms with van der Waals surface area (Å²) in [5, 5.41) is 14.6. The van der Waals surface area contributed by atoms with Crippen molar-refractivity contribution in [3.05, 3.63) is 22.4 Å². The zero-order chi connectivity index (χ0) is 18.4. The van der Waals surface area contributed by atoms with Crippen LogP contribution in [-0.2, 0) is 23.6 Å². The average Bonchev–Trinajstić information content (AvgIpc) is 3.03. The Balaban J connectivity index is 1.74. The number of fused-ring (bicyclic) bond motifs is 1. The maximum absolute atomic E-state index is 12.1. The highest BCUT2D eigenvalue weighted by Gasteiger charge is 2.35. The first-order valence-electron chi connectivity index (χ1n) is 7.89. The van der Waals surface area contributed by atoms with E-state index in [-0.39, 0.29) is 17.2 Å². The second-order valence-electron chi connectivity index (χ2n) is 6.60. The Hall–Kier alpha value is -1.82. The Kier molecular flexibility index (Phi) is 4.66. The number of sulfonamides is 1. The number of β-amino-alcohol motifs (C(OH)–C–C–N with tert-alkyl or cyclic N) is 1. The fraction of sp³-hybridized carbons (Fsp3) is 0.643. The molecular formula is C14H22N6O4S. The molecule has 0 radical (unpaired) electrons. The molecular weight excluding hydrogens is 348 g/mol. The van der Waals surface area contributed by atoms with Gasteiger partial charge < -0.3 is 10.1 Å². The smallest absolute Gasteiger partial charge is 0.262 e. The lowest BCUT2D eigenvalue weighted by molar-refractivity contribution is 0.147. The molecule has 2 N–H and O–H groups in total. The van der Waals surface area contributed by atoms with Gasteiger partial charge in [0.15, 0.2) is 5.65 Å². The van der Waals surface area contributed by atoms with Crippen LogP contribution in [0.25, 0.3) is 11.0 Å². The standard InChI is InChI=1S/C14H22N6O4S/c1-18(2)25(23,24)8-9-5-20(6-11(9)21)7-12-16-13-10(14(22)17-12)4-15-19(13)3/h4,9,11,21H,5-8H2,1-3H3,(H,16,17,22)/t9-,11+/m0/s1. The van der Waals surface area contributed by atoms with E-state index in [0.29, 0.717) is 36.5 Å². The van der Waals surface area contributed by atoms with Gasteiger partial charge in [-0.15, -0.1) is 0 Å². The Morgan fingerprint density at radius 3 is 2.80 bits per heavy atom. The Morgan fingerprint density at radius 2 is 2.12 bits per heavy atom. The maximum atomic E-state index is 12.1. The fourth-order valence-electron chi connectivity index (χ4n) is 3.02. The predicted molar refractivity (Wildman–Crippen MR) is 91.4 cm³/mol. The SMILES string of the molecule is CN(C)S(=O)(=O)C[C@@H]1CN(Cc2nc3c(cnn3C)c(=O)[nH]2)C[C@H]1O. The van der Waals surface area contributed by atoms with Gasteiger partial charge in [0.25, 0.3) is 5.56 Å². The topological polar surface area (TPSA) is 124 Å². The summed E-state index contributed by atoms with van der Waals surface area (Å²) in [5.41, 5.74) is 0.227. The lowest BCUT2D eigenvalue weighted by atomic mass is 10.1. The van der Waals surface area contributed by atoms with E-state index in [1.807, 2.05) is 4.90 Å². The number of aliphatic hydroxyl groups excluding tert-OH is 1. The van der Waals surface area contributed by atoms with Gasteiger partial charge in [0.05, 0.1) is 24.6 Å². The lowest BCUT2D eigenvalue weighted by Gasteiger charge is -2.17. The molecule has 1 aliphatic rings. The number of nitrogens with zero attached hydrogens (tertiary/aromatic N) is 5. The summed E-state index contributed by atoms with van der Waals surface area (Å²) in [6.45, 7) is 1.08. The third-order valence-electron chi connectivity index (χ3n) is 4.49. The van der Waals surface area contributed by atoms with Crippen molar-refractivity contribution in [2.45, 2.75) is 12.6 Å². The third-order valence-corrected chi connectivity index (χ3v) is 6.45. The second kappa shape index (κ2) is 6.48. The van der Waals surface area contributed by atoms with E-state index in [2.05, 4.69) is 15.1 Å². The van der Waals surface area contributed by atoms with E-state index < -0.39 is 16.1 Å². The van der Waals surface area contributed by atoms with Gasteiger partial charge >= 0.3 is 0 Å². The van der Waals surface area contributed by atoms with Gasteiger partial charge in [-0.25, -0.2) is 17.7 Å². The number of aromatic amines is 1. The van der Waals surface area contributed by atoms with Crippen molar-refractivity contribution in [1.29, 1.82) is 0 Å². The molecule has 0 spiro atoms. The molecule has 25 heavy (non-hydrogen) atoms. The van der Waals surface area contributed by atoms with Gasteiger partial charge in [-0.1, -0.05) is 0 Å². The molecule has 2 aromatic rings. The number of likely N-dealkylation sites (tertiary alicyclic amines) is 1. The minimum atomic E-state index is -3.38. The summed E-state index contributed by atoms with van der Waals surface area (Å²) in [7, 11) is 1.28. The number of aryl methyl sites for hydroxylation is 1.